The first-order valence-electron chi connectivity index (χ1n) is 13.4. The molecule has 3 saturated heterocycles. The number of pyridine rings is 1. The number of nitrogens with one attached hydrogen (secondary N) is 1. The number of hydrogen-bond acceptors (Lipinski definition) is 7. The van der Waals surface area contributed by atoms with Crippen molar-refractivity contribution in [1.29, 1.82) is 0 Å². The number of nitrogens with zero attached hydrogens (tertiary/aromatic N) is 5. The summed E-state index contributed by atoms with van der Waals surface area (Å²) in [4.78, 5) is 19.8. The van der Waals surface area contributed by atoms with Crippen molar-refractivity contribution in [3.8, 4) is 17.3 Å². The number of piperazine rings is 1. The molecule has 0 aliphatic carbocycles. The van der Waals surface area contributed by atoms with Crippen molar-refractivity contribution >= 4 is 39.1 Å². The van der Waals surface area contributed by atoms with Crippen molar-refractivity contribution in [1.82, 2.24) is 25.2 Å². The maximum atomic E-state index is 6.63. The highest BCUT2D eigenvalue weighted by Gasteiger charge is 2.45. The number of aromatic nitrogens is 3. The van der Waals surface area contributed by atoms with E-state index in [1.54, 1.807) is 0 Å². The van der Waals surface area contributed by atoms with Crippen molar-refractivity contribution in [2.75, 3.05) is 50.8 Å². The molecule has 8 heteroatoms. The molecule has 2 aromatic heterocycles. The predicted molar refractivity (Wildman–Crippen MR) is 149 cm³/mol. The highest BCUT2D eigenvalue weighted by Crippen LogP contribution is 2.40. The van der Waals surface area contributed by atoms with Gasteiger partial charge in [0.25, 0.3) is 0 Å². The highest BCUT2D eigenvalue weighted by molar-refractivity contribution is 6.36. The molecular weight excluding hydrogens is 484 g/mol. The van der Waals surface area contributed by atoms with Crippen LogP contribution in [0, 0.1) is 0 Å². The van der Waals surface area contributed by atoms with Crippen molar-refractivity contribution in [3.63, 3.8) is 0 Å². The molecule has 0 saturated carbocycles. The third-order valence-corrected chi connectivity index (χ3v) is 8.66. The Morgan fingerprint density at radius 1 is 0.973 bits per heavy atom. The van der Waals surface area contributed by atoms with E-state index < -0.39 is 0 Å². The van der Waals surface area contributed by atoms with E-state index >= 15 is 0 Å². The molecule has 0 radical (unpaired) electrons. The summed E-state index contributed by atoms with van der Waals surface area (Å²) >= 11 is 6.63. The van der Waals surface area contributed by atoms with E-state index in [0.717, 1.165) is 59.2 Å². The lowest BCUT2D eigenvalue weighted by Gasteiger charge is -2.32. The molecule has 2 aromatic carbocycles. The molecule has 0 spiro atoms. The second-order valence-electron chi connectivity index (χ2n) is 10.5. The van der Waals surface area contributed by atoms with E-state index in [0.29, 0.717) is 23.3 Å². The summed E-state index contributed by atoms with van der Waals surface area (Å²) in [5.41, 5.74) is 1.95. The fourth-order valence-corrected chi connectivity index (χ4v) is 6.75. The third-order valence-electron chi connectivity index (χ3n) is 8.35. The van der Waals surface area contributed by atoms with E-state index in [4.69, 9.17) is 31.3 Å². The molecule has 3 aliphatic heterocycles. The van der Waals surface area contributed by atoms with Crippen molar-refractivity contribution < 1.29 is 4.74 Å². The number of rotatable bonds is 5. The molecule has 0 amide bonds. The number of fused-ring (bicyclic) bond motifs is 3. The number of hydrogen-bond donors (Lipinski definition) is 1. The van der Waals surface area contributed by atoms with Crippen LogP contribution in [0.4, 0.5) is 5.82 Å². The SMILES string of the molecule is Clc1cccc2cccc(-c3ncc4c(N5CCNCC5)nc(OCC56CCCN5CCC6)cc4n3)c12. The van der Waals surface area contributed by atoms with Crippen LogP contribution in [-0.2, 0) is 0 Å². The van der Waals surface area contributed by atoms with Gasteiger partial charge in [0, 0.05) is 54.4 Å². The predicted octanol–water partition coefficient (Wildman–Crippen LogP) is 4.92. The maximum Gasteiger partial charge on any atom is 0.217 e. The van der Waals surface area contributed by atoms with Gasteiger partial charge in [-0.05, 0) is 50.2 Å². The van der Waals surface area contributed by atoms with Crippen molar-refractivity contribution in [3.05, 3.63) is 53.7 Å². The summed E-state index contributed by atoms with van der Waals surface area (Å²) in [6.45, 7) is 6.70. The zero-order valence-corrected chi connectivity index (χ0v) is 21.7. The van der Waals surface area contributed by atoms with Crippen LogP contribution < -0.4 is 15.0 Å². The molecule has 0 unspecified atom stereocenters. The Kier molecular flexibility index (Phi) is 5.87. The molecule has 4 aromatic rings. The summed E-state index contributed by atoms with van der Waals surface area (Å²) < 4.78 is 6.49. The molecule has 5 heterocycles. The van der Waals surface area contributed by atoms with Gasteiger partial charge in [0.05, 0.1) is 16.4 Å². The maximum absolute atomic E-state index is 6.63. The van der Waals surface area contributed by atoms with Gasteiger partial charge in [0.2, 0.25) is 5.88 Å². The molecule has 3 aliphatic rings. The number of ether oxygens (including phenoxy) is 1. The molecule has 190 valence electrons. The van der Waals surface area contributed by atoms with Gasteiger partial charge in [-0.25, -0.2) is 9.97 Å². The van der Waals surface area contributed by atoms with Gasteiger partial charge in [-0.1, -0.05) is 41.9 Å². The van der Waals surface area contributed by atoms with Gasteiger partial charge in [-0.2, -0.15) is 4.98 Å². The molecule has 7 nitrogen and oxygen atoms in total. The first-order chi connectivity index (χ1) is 18.2. The Bertz CT molecular complexity index is 1450. The van der Waals surface area contributed by atoms with E-state index in [9.17, 15) is 0 Å². The largest absolute Gasteiger partial charge is 0.476 e. The second-order valence-corrected chi connectivity index (χ2v) is 10.9. The molecule has 37 heavy (non-hydrogen) atoms. The van der Waals surface area contributed by atoms with Crippen LogP contribution in [0.1, 0.15) is 25.7 Å². The van der Waals surface area contributed by atoms with E-state index in [-0.39, 0.29) is 5.54 Å². The summed E-state index contributed by atoms with van der Waals surface area (Å²) in [5, 5.41) is 7.14. The molecule has 1 N–H and O–H groups in total. The standard InChI is InChI=1S/C29H31ClN6O/c30-23-8-2-6-20-5-1-7-21(26(20)23)27-32-18-22-24(33-27)17-25(34-28(22)35-15-11-31-12-16-35)37-19-29-9-3-13-36(29)14-4-10-29/h1-2,5-8,17-18,31H,3-4,9-16,19H2. The first-order valence-corrected chi connectivity index (χ1v) is 13.8. The van der Waals surface area contributed by atoms with Gasteiger partial charge in [0.15, 0.2) is 5.82 Å². The van der Waals surface area contributed by atoms with Crippen LogP contribution in [0.15, 0.2) is 48.7 Å². The minimum absolute atomic E-state index is 0.169. The minimum Gasteiger partial charge on any atom is -0.476 e. The molecule has 3 fully saturated rings. The molecule has 0 bridgehead atoms. The molecule has 7 rings (SSSR count). The third kappa shape index (κ3) is 4.10. The number of anilines is 1. The fraction of sp³-hybridized carbons (Fsp3) is 0.414. The number of benzene rings is 2. The Balaban J connectivity index is 1.31. The zero-order valence-electron chi connectivity index (χ0n) is 20.9. The lowest BCUT2D eigenvalue weighted by molar-refractivity contribution is 0.111. The Labute approximate surface area is 221 Å². The summed E-state index contributed by atoms with van der Waals surface area (Å²) in [7, 11) is 0. The van der Waals surface area contributed by atoms with Gasteiger partial charge in [-0.3, -0.25) is 4.90 Å². The Morgan fingerprint density at radius 2 is 1.76 bits per heavy atom. The van der Waals surface area contributed by atoms with Gasteiger partial charge < -0.3 is 15.0 Å². The van der Waals surface area contributed by atoms with Crippen LogP contribution in [0.2, 0.25) is 5.02 Å². The first kappa shape index (κ1) is 23.1. The van der Waals surface area contributed by atoms with Crippen LogP contribution >= 0.6 is 11.6 Å². The topological polar surface area (TPSA) is 66.4 Å². The van der Waals surface area contributed by atoms with Gasteiger partial charge >= 0.3 is 0 Å². The zero-order chi connectivity index (χ0) is 24.8. The smallest absolute Gasteiger partial charge is 0.217 e. The van der Waals surface area contributed by atoms with E-state index in [1.807, 2.05) is 36.5 Å². The average Bonchev–Trinajstić information content (AvgIpc) is 3.52. The van der Waals surface area contributed by atoms with Gasteiger partial charge in [0.1, 0.15) is 12.4 Å². The normalized spacial score (nSPS) is 19.5. The molecule has 0 atom stereocenters. The van der Waals surface area contributed by atoms with Gasteiger partial charge in [-0.15, -0.1) is 0 Å². The Hall–Kier alpha value is -3.00. The van der Waals surface area contributed by atoms with Crippen LogP contribution in [0.3, 0.4) is 0 Å². The summed E-state index contributed by atoms with van der Waals surface area (Å²) in [6.07, 6.45) is 6.84. The lowest BCUT2D eigenvalue weighted by atomic mass is 9.95. The number of halogens is 1. The Morgan fingerprint density at radius 3 is 2.57 bits per heavy atom. The molecular formula is C29H31ClN6O. The van der Waals surface area contributed by atoms with E-state index in [1.165, 1.54) is 38.8 Å². The van der Waals surface area contributed by atoms with Crippen LogP contribution in [0.25, 0.3) is 33.1 Å². The monoisotopic (exact) mass is 514 g/mol. The van der Waals surface area contributed by atoms with Crippen molar-refractivity contribution in [2.24, 2.45) is 0 Å². The van der Waals surface area contributed by atoms with Crippen LogP contribution in [0.5, 0.6) is 5.88 Å². The minimum atomic E-state index is 0.169. The second kappa shape index (κ2) is 9.39. The fourth-order valence-electron chi connectivity index (χ4n) is 6.46. The van der Waals surface area contributed by atoms with E-state index in [2.05, 4.69) is 27.2 Å². The summed E-state index contributed by atoms with van der Waals surface area (Å²) in [6, 6.07) is 14.1. The quantitative estimate of drug-likeness (QED) is 0.405. The summed E-state index contributed by atoms with van der Waals surface area (Å²) in [5.74, 6) is 2.21. The lowest BCUT2D eigenvalue weighted by Crippen LogP contribution is -2.44. The average molecular weight is 515 g/mol. The highest BCUT2D eigenvalue weighted by atomic mass is 35.5. The van der Waals surface area contributed by atoms with Crippen LogP contribution in [-0.4, -0.2) is 71.3 Å². The van der Waals surface area contributed by atoms with Crippen molar-refractivity contribution in [2.45, 2.75) is 31.2 Å².